The van der Waals surface area contributed by atoms with Crippen LogP contribution in [0.3, 0.4) is 0 Å². The monoisotopic (exact) mass is 388 g/mol. The van der Waals surface area contributed by atoms with E-state index in [9.17, 15) is 9.90 Å². The lowest BCUT2D eigenvalue weighted by molar-refractivity contribution is 0.316. The highest BCUT2D eigenvalue weighted by Gasteiger charge is 2.29. The lowest BCUT2D eigenvalue weighted by Crippen LogP contribution is -2.10. The highest BCUT2D eigenvalue weighted by Crippen LogP contribution is 2.50. The van der Waals surface area contributed by atoms with Crippen molar-refractivity contribution in [1.82, 2.24) is 0 Å². The molecule has 0 aliphatic rings. The fourth-order valence-electron chi connectivity index (χ4n) is 3.01. The van der Waals surface area contributed by atoms with E-state index < -0.39 is 5.43 Å². The molecule has 148 valence electrons. The van der Waals surface area contributed by atoms with Gasteiger partial charge >= 0.3 is 0 Å². The number of phenols is 1. The second kappa shape index (κ2) is 7.59. The molecule has 0 unspecified atom stereocenters. The summed E-state index contributed by atoms with van der Waals surface area (Å²) >= 11 is 0. The molecule has 1 aromatic heterocycles. The van der Waals surface area contributed by atoms with E-state index in [1.807, 2.05) is 0 Å². The average Bonchev–Trinajstić information content (AvgIpc) is 2.72. The smallest absolute Gasteiger partial charge is 0.239 e. The zero-order valence-electron chi connectivity index (χ0n) is 16.1. The van der Waals surface area contributed by atoms with Gasteiger partial charge in [-0.15, -0.1) is 0 Å². The van der Waals surface area contributed by atoms with Gasteiger partial charge in [0, 0.05) is 5.56 Å². The van der Waals surface area contributed by atoms with Crippen molar-refractivity contribution in [2.24, 2.45) is 0 Å². The minimum Gasteiger partial charge on any atom is -0.501 e. The first kappa shape index (κ1) is 19.2. The number of methoxy groups -OCH3 is 5. The molecular formula is C20H20O8. The topological polar surface area (TPSA) is 96.6 Å². The van der Waals surface area contributed by atoms with Crippen molar-refractivity contribution in [2.75, 3.05) is 35.5 Å². The second-order valence-corrected chi connectivity index (χ2v) is 5.67. The third-order valence-corrected chi connectivity index (χ3v) is 4.31. The molecule has 0 bridgehead atoms. The molecule has 0 amide bonds. The molecule has 3 aromatic rings. The van der Waals surface area contributed by atoms with Gasteiger partial charge in [-0.25, -0.2) is 0 Å². The number of rotatable bonds is 6. The Balaban J connectivity index is 2.47. The van der Waals surface area contributed by atoms with Crippen LogP contribution in [0, 0.1) is 0 Å². The summed E-state index contributed by atoms with van der Waals surface area (Å²) in [6.07, 6.45) is 0. The lowest BCUT2D eigenvalue weighted by atomic mass is 10.1. The lowest BCUT2D eigenvalue weighted by Gasteiger charge is -2.17. The zero-order chi connectivity index (χ0) is 20.4. The van der Waals surface area contributed by atoms with Gasteiger partial charge in [-0.05, 0) is 24.3 Å². The molecule has 0 fully saturated rings. The summed E-state index contributed by atoms with van der Waals surface area (Å²) < 4.78 is 32.3. The third kappa shape index (κ3) is 2.83. The maximum Gasteiger partial charge on any atom is 0.239 e. The van der Waals surface area contributed by atoms with Crippen molar-refractivity contribution < 1.29 is 33.2 Å². The fraction of sp³-hybridized carbons (Fsp3) is 0.250. The highest BCUT2D eigenvalue weighted by molar-refractivity contribution is 5.96. The van der Waals surface area contributed by atoms with Crippen LogP contribution in [0.25, 0.3) is 22.3 Å². The largest absolute Gasteiger partial charge is 0.501 e. The Morgan fingerprint density at radius 3 is 1.82 bits per heavy atom. The molecule has 2 aromatic carbocycles. The molecule has 8 heteroatoms. The third-order valence-electron chi connectivity index (χ3n) is 4.31. The maximum absolute atomic E-state index is 13.2. The number of hydrogen-bond acceptors (Lipinski definition) is 8. The molecule has 0 saturated carbocycles. The Morgan fingerprint density at radius 1 is 0.750 bits per heavy atom. The van der Waals surface area contributed by atoms with Crippen molar-refractivity contribution in [3.8, 4) is 45.8 Å². The summed E-state index contributed by atoms with van der Waals surface area (Å²) in [7, 11) is 6.96. The van der Waals surface area contributed by atoms with Crippen LogP contribution in [0.15, 0.2) is 33.5 Å². The number of phenolic OH excluding ortho intramolecular Hbond substituents is 1. The molecule has 0 aliphatic carbocycles. The van der Waals surface area contributed by atoms with Crippen LogP contribution < -0.4 is 29.1 Å². The summed E-state index contributed by atoms with van der Waals surface area (Å²) in [5.41, 5.74) is 0.0882. The van der Waals surface area contributed by atoms with Crippen LogP contribution in [0.1, 0.15) is 0 Å². The van der Waals surface area contributed by atoms with Gasteiger partial charge in [0.2, 0.25) is 28.4 Å². The zero-order valence-corrected chi connectivity index (χ0v) is 16.1. The predicted octanol–water partition coefficient (Wildman–Crippen LogP) is 3.21. The van der Waals surface area contributed by atoms with Crippen molar-refractivity contribution in [2.45, 2.75) is 0 Å². The molecule has 0 aliphatic heterocycles. The van der Waals surface area contributed by atoms with E-state index in [0.717, 1.165) is 0 Å². The highest BCUT2D eigenvalue weighted by atomic mass is 16.5. The Hall–Kier alpha value is -3.55. The van der Waals surface area contributed by atoms with Gasteiger partial charge in [-0.2, -0.15) is 0 Å². The maximum atomic E-state index is 13.2. The normalized spacial score (nSPS) is 10.6. The Bertz CT molecular complexity index is 1070. The minimum atomic E-state index is -0.497. The van der Waals surface area contributed by atoms with Crippen molar-refractivity contribution >= 4 is 11.0 Å². The standard InChI is InChI=1S/C20H20O8/c1-23-11-8-6-10(7-9-11)15-18(25-3)13(21)12-16(24-2)19(26-4)14(22)20(27-5)17(12)28-15/h6-9,22H,1-5H3. The molecule has 0 saturated heterocycles. The SMILES string of the molecule is COc1ccc(-c2oc3c(OC)c(O)c(OC)c(OC)c3c(=O)c2OC)cc1. The van der Waals surface area contributed by atoms with Gasteiger partial charge in [0.1, 0.15) is 11.1 Å². The second-order valence-electron chi connectivity index (χ2n) is 5.67. The van der Waals surface area contributed by atoms with Crippen molar-refractivity contribution in [1.29, 1.82) is 0 Å². The number of aromatic hydroxyl groups is 1. The summed E-state index contributed by atoms with van der Waals surface area (Å²) in [5.74, 6) is 0.374. The van der Waals surface area contributed by atoms with E-state index in [1.54, 1.807) is 31.4 Å². The van der Waals surface area contributed by atoms with Crippen LogP contribution in [0.5, 0.6) is 34.5 Å². The van der Waals surface area contributed by atoms with E-state index in [-0.39, 0.29) is 45.5 Å². The van der Waals surface area contributed by atoms with Crippen LogP contribution in [0.2, 0.25) is 0 Å². The molecule has 3 rings (SSSR count). The first-order valence-corrected chi connectivity index (χ1v) is 8.22. The molecule has 0 spiro atoms. The molecule has 0 atom stereocenters. The molecule has 28 heavy (non-hydrogen) atoms. The van der Waals surface area contributed by atoms with Crippen molar-refractivity contribution in [3.05, 3.63) is 34.5 Å². The van der Waals surface area contributed by atoms with E-state index in [4.69, 9.17) is 28.1 Å². The first-order valence-electron chi connectivity index (χ1n) is 8.22. The number of benzene rings is 2. The van der Waals surface area contributed by atoms with E-state index >= 15 is 0 Å². The summed E-state index contributed by atoms with van der Waals surface area (Å²) in [4.78, 5) is 13.2. The number of hydrogen-bond donors (Lipinski definition) is 1. The van der Waals surface area contributed by atoms with Gasteiger partial charge in [0.05, 0.1) is 35.5 Å². The Morgan fingerprint density at radius 2 is 1.32 bits per heavy atom. The van der Waals surface area contributed by atoms with Crippen LogP contribution >= 0.6 is 0 Å². The van der Waals surface area contributed by atoms with Crippen molar-refractivity contribution in [3.63, 3.8) is 0 Å². The van der Waals surface area contributed by atoms with Gasteiger partial charge in [-0.1, -0.05) is 0 Å². The van der Waals surface area contributed by atoms with Crippen LogP contribution in [0.4, 0.5) is 0 Å². The average molecular weight is 388 g/mol. The van der Waals surface area contributed by atoms with Gasteiger partial charge in [0.25, 0.3) is 0 Å². The summed E-state index contributed by atoms with van der Waals surface area (Å²) in [6.45, 7) is 0. The fourth-order valence-corrected chi connectivity index (χ4v) is 3.01. The van der Waals surface area contributed by atoms with E-state index in [1.165, 1.54) is 28.4 Å². The quantitative estimate of drug-likeness (QED) is 0.688. The van der Waals surface area contributed by atoms with Crippen LogP contribution in [-0.2, 0) is 0 Å². The van der Waals surface area contributed by atoms with Gasteiger partial charge < -0.3 is 33.2 Å². The Kier molecular flexibility index (Phi) is 5.21. The molecule has 8 nitrogen and oxygen atoms in total. The molecule has 1 heterocycles. The molecule has 1 N–H and O–H groups in total. The predicted molar refractivity (Wildman–Crippen MR) is 102 cm³/mol. The van der Waals surface area contributed by atoms with E-state index in [0.29, 0.717) is 11.3 Å². The number of fused-ring (bicyclic) bond motifs is 1. The van der Waals surface area contributed by atoms with Gasteiger partial charge in [0.15, 0.2) is 17.1 Å². The molecule has 0 radical (unpaired) electrons. The number of ether oxygens (including phenoxy) is 5. The first-order chi connectivity index (χ1) is 13.5. The molecular weight excluding hydrogens is 368 g/mol. The summed E-state index contributed by atoms with van der Waals surface area (Å²) in [5, 5.41) is 10.5. The Labute approximate surface area is 160 Å². The summed E-state index contributed by atoms with van der Waals surface area (Å²) in [6, 6.07) is 6.89. The van der Waals surface area contributed by atoms with Crippen LogP contribution in [-0.4, -0.2) is 40.7 Å². The van der Waals surface area contributed by atoms with E-state index in [2.05, 4.69) is 0 Å². The minimum absolute atomic E-state index is 0.00858. The van der Waals surface area contributed by atoms with Gasteiger partial charge in [-0.3, -0.25) is 4.79 Å².